The molecule has 0 saturated carbocycles. The third kappa shape index (κ3) is 5.45. The quantitative estimate of drug-likeness (QED) is 0.709. The zero-order chi connectivity index (χ0) is 20.7. The molecular formula is C20H21N3O5. The Morgan fingerprint density at radius 1 is 1.14 bits per heavy atom. The van der Waals surface area contributed by atoms with Gasteiger partial charge in [0.25, 0.3) is 11.8 Å². The number of nitrogens with one attached hydrogen (secondary N) is 2. The Bertz CT molecular complexity index is 883. The van der Waals surface area contributed by atoms with Gasteiger partial charge in [0.15, 0.2) is 11.9 Å². The topological polar surface area (TPSA) is 121 Å². The monoisotopic (exact) mass is 383 g/mol. The van der Waals surface area contributed by atoms with Crippen molar-refractivity contribution >= 4 is 23.5 Å². The third-order valence-electron chi connectivity index (χ3n) is 3.87. The van der Waals surface area contributed by atoms with Crippen LogP contribution < -0.4 is 10.6 Å². The SMILES string of the molecule is CC(C)[C@H](NC(=O)c1ccco1)C(=O)O[C@@H](C)C(=O)Nc1cccc(C#N)c1. The van der Waals surface area contributed by atoms with Crippen molar-refractivity contribution < 1.29 is 23.5 Å². The molecule has 146 valence electrons. The molecule has 8 heteroatoms. The number of ether oxygens (including phenoxy) is 1. The van der Waals surface area contributed by atoms with Gasteiger partial charge in [0, 0.05) is 5.69 Å². The molecule has 2 aromatic rings. The minimum Gasteiger partial charge on any atom is -0.459 e. The second-order valence-electron chi connectivity index (χ2n) is 6.43. The maximum absolute atomic E-state index is 12.5. The van der Waals surface area contributed by atoms with Crippen LogP contribution in [0.25, 0.3) is 0 Å². The number of rotatable bonds is 7. The highest BCUT2D eigenvalue weighted by Gasteiger charge is 2.29. The number of carbonyl (C=O) groups excluding carboxylic acids is 3. The first kappa shape index (κ1) is 20.7. The Morgan fingerprint density at radius 2 is 1.89 bits per heavy atom. The van der Waals surface area contributed by atoms with E-state index in [0.29, 0.717) is 11.3 Å². The van der Waals surface area contributed by atoms with Crippen LogP contribution in [-0.4, -0.2) is 29.9 Å². The number of hydrogen-bond donors (Lipinski definition) is 2. The van der Waals surface area contributed by atoms with E-state index in [1.807, 2.05) is 6.07 Å². The molecule has 0 aliphatic carbocycles. The third-order valence-corrected chi connectivity index (χ3v) is 3.87. The molecular weight excluding hydrogens is 362 g/mol. The van der Waals surface area contributed by atoms with E-state index in [2.05, 4.69) is 10.6 Å². The summed E-state index contributed by atoms with van der Waals surface area (Å²) in [5, 5.41) is 14.0. The van der Waals surface area contributed by atoms with Crippen molar-refractivity contribution in [2.45, 2.75) is 32.9 Å². The number of amides is 2. The average Bonchev–Trinajstić information content (AvgIpc) is 3.20. The lowest BCUT2D eigenvalue weighted by Gasteiger charge is -2.22. The van der Waals surface area contributed by atoms with Crippen molar-refractivity contribution in [1.82, 2.24) is 5.32 Å². The van der Waals surface area contributed by atoms with E-state index in [1.54, 1.807) is 38.1 Å². The molecule has 8 nitrogen and oxygen atoms in total. The van der Waals surface area contributed by atoms with Crippen molar-refractivity contribution in [3.63, 3.8) is 0 Å². The van der Waals surface area contributed by atoms with Crippen molar-refractivity contribution in [1.29, 1.82) is 5.26 Å². The van der Waals surface area contributed by atoms with Gasteiger partial charge in [-0.05, 0) is 43.2 Å². The molecule has 1 heterocycles. The van der Waals surface area contributed by atoms with Gasteiger partial charge in [0.05, 0.1) is 17.9 Å². The minimum atomic E-state index is -1.10. The summed E-state index contributed by atoms with van der Waals surface area (Å²) in [6.45, 7) is 4.91. The highest BCUT2D eigenvalue weighted by atomic mass is 16.5. The van der Waals surface area contributed by atoms with Crippen molar-refractivity contribution in [3.8, 4) is 6.07 Å². The van der Waals surface area contributed by atoms with Gasteiger partial charge < -0.3 is 19.8 Å². The van der Waals surface area contributed by atoms with Gasteiger partial charge in [-0.1, -0.05) is 19.9 Å². The maximum Gasteiger partial charge on any atom is 0.329 e. The summed E-state index contributed by atoms with van der Waals surface area (Å²) in [5.41, 5.74) is 0.807. The molecule has 0 unspecified atom stereocenters. The number of carbonyl (C=O) groups is 3. The summed E-state index contributed by atoms with van der Waals surface area (Å²) in [5.74, 6) is -2.03. The van der Waals surface area contributed by atoms with Gasteiger partial charge in [-0.2, -0.15) is 5.26 Å². The van der Waals surface area contributed by atoms with Gasteiger partial charge in [0.2, 0.25) is 0 Å². The lowest BCUT2D eigenvalue weighted by molar-refractivity contribution is -0.156. The van der Waals surface area contributed by atoms with Crippen molar-refractivity contribution in [2.75, 3.05) is 5.32 Å². The molecule has 2 amide bonds. The smallest absolute Gasteiger partial charge is 0.329 e. The first-order valence-corrected chi connectivity index (χ1v) is 8.67. The van der Waals surface area contributed by atoms with Crippen LogP contribution in [0, 0.1) is 17.2 Å². The molecule has 1 aromatic heterocycles. The molecule has 0 radical (unpaired) electrons. The number of furan rings is 1. The second kappa shape index (κ2) is 9.37. The zero-order valence-corrected chi connectivity index (χ0v) is 15.8. The molecule has 0 spiro atoms. The Balaban J connectivity index is 1.98. The van der Waals surface area contributed by atoms with Gasteiger partial charge >= 0.3 is 5.97 Å². The van der Waals surface area contributed by atoms with Crippen LogP contribution in [0.2, 0.25) is 0 Å². The van der Waals surface area contributed by atoms with Crippen LogP contribution >= 0.6 is 0 Å². The fraction of sp³-hybridized carbons (Fsp3) is 0.300. The van der Waals surface area contributed by atoms with Crippen LogP contribution in [0.4, 0.5) is 5.69 Å². The number of hydrogen-bond acceptors (Lipinski definition) is 6. The molecule has 2 N–H and O–H groups in total. The Morgan fingerprint density at radius 3 is 2.50 bits per heavy atom. The fourth-order valence-corrected chi connectivity index (χ4v) is 2.33. The van der Waals surface area contributed by atoms with Gasteiger partial charge in [-0.25, -0.2) is 4.79 Å². The van der Waals surface area contributed by atoms with Gasteiger partial charge in [-0.15, -0.1) is 0 Å². The number of nitrogens with zero attached hydrogens (tertiary/aromatic N) is 1. The number of benzene rings is 1. The van der Waals surface area contributed by atoms with Crippen LogP contribution in [0.5, 0.6) is 0 Å². The van der Waals surface area contributed by atoms with Gasteiger partial charge in [-0.3, -0.25) is 9.59 Å². The molecule has 0 bridgehead atoms. The highest BCUT2D eigenvalue weighted by molar-refractivity contribution is 5.97. The second-order valence-corrected chi connectivity index (χ2v) is 6.43. The minimum absolute atomic E-state index is 0.0709. The highest BCUT2D eigenvalue weighted by Crippen LogP contribution is 2.12. The summed E-state index contributed by atoms with van der Waals surface area (Å²) in [4.78, 5) is 36.9. The number of esters is 1. The van der Waals surface area contributed by atoms with Crippen molar-refractivity contribution in [2.24, 2.45) is 5.92 Å². The van der Waals surface area contributed by atoms with Crippen LogP contribution in [-0.2, 0) is 14.3 Å². The summed E-state index contributed by atoms with van der Waals surface area (Å²) >= 11 is 0. The predicted molar refractivity (Wildman–Crippen MR) is 100 cm³/mol. The molecule has 0 saturated heterocycles. The fourth-order valence-electron chi connectivity index (χ4n) is 2.33. The predicted octanol–water partition coefficient (Wildman–Crippen LogP) is 2.48. The maximum atomic E-state index is 12.5. The normalized spacial score (nSPS) is 12.5. The average molecular weight is 383 g/mol. The zero-order valence-electron chi connectivity index (χ0n) is 15.8. The first-order valence-electron chi connectivity index (χ1n) is 8.67. The van der Waals surface area contributed by atoms with Crippen LogP contribution in [0.1, 0.15) is 36.9 Å². The summed E-state index contributed by atoms with van der Waals surface area (Å²) in [7, 11) is 0. The van der Waals surface area contributed by atoms with Crippen molar-refractivity contribution in [3.05, 3.63) is 54.0 Å². The first-order chi connectivity index (χ1) is 13.3. The molecule has 0 aliphatic heterocycles. The van der Waals surface area contributed by atoms with Crippen LogP contribution in [0.3, 0.4) is 0 Å². The molecule has 1 aromatic carbocycles. The van der Waals surface area contributed by atoms with E-state index >= 15 is 0 Å². The molecule has 0 fully saturated rings. The Labute approximate surface area is 162 Å². The van der Waals surface area contributed by atoms with E-state index in [-0.39, 0.29) is 11.7 Å². The largest absolute Gasteiger partial charge is 0.459 e. The number of nitriles is 1. The van der Waals surface area contributed by atoms with E-state index in [0.717, 1.165) is 0 Å². The number of anilines is 1. The van der Waals surface area contributed by atoms with E-state index in [4.69, 9.17) is 14.4 Å². The summed E-state index contributed by atoms with van der Waals surface area (Å²) < 4.78 is 10.2. The summed E-state index contributed by atoms with van der Waals surface area (Å²) in [6, 6.07) is 10.4. The standard InChI is InChI=1S/C20H21N3O5/c1-12(2)17(23-19(25)16-8-5-9-27-16)20(26)28-13(3)18(24)22-15-7-4-6-14(10-15)11-21/h4-10,12-13,17H,1-3H3,(H,22,24)(H,23,25)/t13-,17-/m0/s1. The lowest BCUT2D eigenvalue weighted by Crippen LogP contribution is -2.47. The molecule has 2 rings (SSSR count). The Kier molecular flexibility index (Phi) is 6.93. The van der Waals surface area contributed by atoms with Crippen LogP contribution in [0.15, 0.2) is 47.1 Å². The van der Waals surface area contributed by atoms with E-state index in [9.17, 15) is 14.4 Å². The molecule has 28 heavy (non-hydrogen) atoms. The molecule has 2 atom stereocenters. The lowest BCUT2D eigenvalue weighted by atomic mass is 10.0. The summed E-state index contributed by atoms with van der Waals surface area (Å²) in [6.07, 6.45) is 0.255. The molecule has 0 aliphatic rings. The Hall–Kier alpha value is -3.60. The van der Waals surface area contributed by atoms with E-state index in [1.165, 1.54) is 25.3 Å². The van der Waals surface area contributed by atoms with E-state index < -0.39 is 29.9 Å². The van der Waals surface area contributed by atoms with Gasteiger partial charge in [0.1, 0.15) is 6.04 Å².